The zero-order valence-electron chi connectivity index (χ0n) is 11.4. The van der Waals surface area contributed by atoms with Gasteiger partial charge in [-0.1, -0.05) is 12.1 Å². The van der Waals surface area contributed by atoms with Crippen LogP contribution in [-0.2, 0) is 4.74 Å². The molecule has 5 unspecified atom stereocenters. The quantitative estimate of drug-likeness (QED) is 0.596. The average molecular weight is 284 g/mol. The van der Waals surface area contributed by atoms with Crippen molar-refractivity contribution in [3.63, 3.8) is 0 Å². The van der Waals surface area contributed by atoms with Crippen LogP contribution in [0.3, 0.4) is 0 Å². The number of ether oxygens (including phenoxy) is 2. The summed E-state index contributed by atoms with van der Waals surface area (Å²) < 4.78 is 10.9. The Morgan fingerprint density at radius 1 is 1.10 bits per heavy atom. The normalized spacial score (nSPS) is 34.0. The lowest BCUT2D eigenvalue weighted by Crippen LogP contribution is -2.60. The predicted octanol–water partition coefficient (Wildman–Crippen LogP) is -0.518. The molecule has 0 radical (unpaired) electrons. The molecule has 0 amide bonds. The molecule has 1 aromatic rings. The lowest BCUT2D eigenvalue weighted by Gasteiger charge is -2.39. The molecule has 6 nitrogen and oxygen atoms in total. The zero-order valence-corrected chi connectivity index (χ0v) is 11.4. The van der Waals surface area contributed by atoms with Gasteiger partial charge in [-0.15, -0.1) is 0 Å². The molecule has 1 heterocycles. The van der Waals surface area contributed by atoms with E-state index in [4.69, 9.17) is 14.6 Å². The molecule has 1 aromatic carbocycles. The Morgan fingerprint density at radius 3 is 2.45 bits per heavy atom. The van der Waals surface area contributed by atoms with Crippen LogP contribution < -0.4 is 4.74 Å². The Bertz CT molecular complexity index is 461. The van der Waals surface area contributed by atoms with Gasteiger partial charge in [0.2, 0.25) is 6.29 Å². The van der Waals surface area contributed by atoms with Gasteiger partial charge in [0.05, 0.1) is 6.61 Å². The van der Waals surface area contributed by atoms with Crippen LogP contribution in [0.4, 0.5) is 0 Å². The summed E-state index contributed by atoms with van der Waals surface area (Å²) in [6.07, 6.45) is -6.33. The van der Waals surface area contributed by atoms with Crippen molar-refractivity contribution >= 4 is 0 Å². The number of hydrogen-bond acceptors (Lipinski definition) is 6. The van der Waals surface area contributed by atoms with Gasteiger partial charge in [0, 0.05) is 0 Å². The molecule has 1 aliphatic heterocycles. The summed E-state index contributed by atoms with van der Waals surface area (Å²) in [5, 5.41) is 38.4. The van der Waals surface area contributed by atoms with Gasteiger partial charge in [-0.05, 0) is 31.0 Å². The van der Waals surface area contributed by atoms with Crippen molar-refractivity contribution in [1.29, 1.82) is 0 Å². The van der Waals surface area contributed by atoms with Crippen LogP contribution in [0.2, 0.25) is 0 Å². The van der Waals surface area contributed by atoms with Gasteiger partial charge in [0.1, 0.15) is 30.2 Å². The highest BCUT2D eigenvalue weighted by atomic mass is 16.7. The monoisotopic (exact) mass is 284 g/mol. The number of aryl methyl sites for hydroxylation is 2. The standard InChI is InChI=1S/C14H20O6/c1-7-3-4-8(2)9(5-7)19-14-13(18)12(17)11(16)10(6-15)20-14/h3-5,10-18H,6H2,1-2H3. The van der Waals surface area contributed by atoms with Crippen molar-refractivity contribution in [2.45, 2.75) is 44.6 Å². The van der Waals surface area contributed by atoms with Crippen molar-refractivity contribution in [1.82, 2.24) is 0 Å². The Morgan fingerprint density at radius 2 is 1.80 bits per heavy atom. The van der Waals surface area contributed by atoms with Gasteiger partial charge in [0.25, 0.3) is 0 Å². The highest BCUT2D eigenvalue weighted by Crippen LogP contribution is 2.26. The number of rotatable bonds is 3. The maximum atomic E-state index is 9.90. The van der Waals surface area contributed by atoms with Gasteiger partial charge in [-0.3, -0.25) is 0 Å². The molecule has 2 rings (SSSR count). The average Bonchev–Trinajstić information content (AvgIpc) is 2.43. The van der Waals surface area contributed by atoms with Gasteiger partial charge < -0.3 is 29.9 Å². The van der Waals surface area contributed by atoms with Crippen molar-refractivity contribution in [2.24, 2.45) is 0 Å². The van der Waals surface area contributed by atoms with E-state index in [1.165, 1.54) is 0 Å². The minimum atomic E-state index is -1.43. The maximum absolute atomic E-state index is 9.90. The Labute approximate surface area is 117 Å². The highest BCUT2D eigenvalue weighted by molar-refractivity contribution is 5.36. The van der Waals surface area contributed by atoms with Crippen molar-refractivity contribution in [3.05, 3.63) is 29.3 Å². The fourth-order valence-corrected chi connectivity index (χ4v) is 2.12. The Balaban J connectivity index is 2.17. The third-order valence-electron chi connectivity index (χ3n) is 3.44. The SMILES string of the molecule is Cc1ccc(C)c(OC2OC(CO)C(O)C(O)C2O)c1. The minimum Gasteiger partial charge on any atom is -0.462 e. The van der Waals surface area contributed by atoms with Gasteiger partial charge in [-0.25, -0.2) is 0 Å². The molecule has 1 saturated heterocycles. The second kappa shape index (κ2) is 6.07. The summed E-state index contributed by atoms with van der Waals surface area (Å²) in [7, 11) is 0. The largest absolute Gasteiger partial charge is 0.462 e. The summed E-state index contributed by atoms with van der Waals surface area (Å²) in [6.45, 7) is 3.27. The summed E-state index contributed by atoms with van der Waals surface area (Å²) in [5.74, 6) is 0.523. The van der Waals surface area contributed by atoms with E-state index in [2.05, 4.69) is 0 Å². The first kappa shape index (κ1) is 15.2. The number of hydrogen-bond donors (Lipinski definition) is 4. The molecular formula is C14H20O6. The molecule has 0 bridgehead atoms. The second-order valence-electron chi connectivity index (χ2n) is 5.08. The van der Waals surface area contributed by atoms with Crippen LogP contribution in [0.25, 0.3) is 0 Å². The van der Waals surface area contributed by atoms with Crippen molar-refractivity contribution in [3.8, 4) is 5.75 Å². The first-order chi connectivity index (χ1) is 9.43. The Hall–Kier alpha value is -1.18. The van der Waals surface area contributed by atoms with E-state index in [1.807, 2.05) is 26.0 Å². The van der Waals surface area contributed by atoms with Crippen LogP contribution in [-0.4, -0.2) is 57.7 Å². The molecule has 0 spiro atoms. The van der Waals surface area contributed by atoms with Crippen molar-refractivity contribution in [2.75, 3.05) is 6.61 Å². The second-order valence-corrected chi connectivity index (χ2v) is 5.08. The predicted molar refractivity (Wildman–Crippen MR) is 70.3 cm³/mol. The minimum absolute atomic E-state index is 0.475. The molecule has 6 heteroatoms. The van der Waals surface area contributed by atoms with E-state index in [1.54, 1.807) is 6.07 Å². The summed E-state index contributed by atoms with van der Waals surface area (Å²) in [6, 6.07) is 5.58. The van der Waals surface area contributed by atoms with Crippen LogP contribution in [0.5, 0.6) is 5.75 Å². The summed E-state index contributed by atoms with van der Waals surface area (Å²) in [5.41, 5.74) is 1.84. The van der Waals surface area contributed by atoms with Crippen LogP contribution in [0, 0.1) is 13.8 Å². The molecule has 112 valence electrons. The first-order valence-corrected chi connectivity index (χ1v) is 6.48. The third kappa shape index (κ3) is 2.94. The van der Waals surface area contributed by atoms with Crippen LogP contribution in [0.15, 0.2) is 18.2 Å². The summed E-state index contributed by atoms with van der Waals surface area (Å²) >= 11 is 0. The lowest BCUT2D eigenvalue weighted by molar-refractivity contribution is -0.277. The number of aliphatic hydroxyl groups excluding tert-OH is 4. The van der Waals surface area contributed by atoms with E-state index < -0.39 is 37.3 Å². The van der Waals surface area contributed by atoms with E-state index >= 15 is 0 Å². The van der Waals surface area contributed by atoms with E-state index in [0.717, 1.165) is 11.1 Å². The Kier molecular flexibility index (Phi) is 4.62. The van der Waals surface area contributed by atoms with E-state index in [9.17, 15) is 15.3 Å². The highest BCUT2D eigenvalue weighted by Gasteiger charge is 2.44. The smallest absolute Gasteiger partial charge is 0.229 e. The molecular weight excluding hydrogens is 264 g/mol. The van der Waals surface area contributed by atoms with Crippen LogP contribution in [0.1, 0.15) is 11.1 Å². The van der Waals surface area contributed by atoms with Crippen molar-refractivity contribution < 1.29 is 29.9 Å². The topological polar surface area (TPSA) is 99.4 Å². The zero-order chi connectivity index (χ0) is 14.9. The molecule has 5 atom stereocenters. The maximum Gasteiger partial charge on any atom is 0.229 e. The molecule has 0 saturated carbocycles. The van der Waals surface area contributed by atoms with Crippen LogP contribution >= 0.6 is 0 Å². The van der Waals surface area contributed by atoms with E-state index in [-0.39, 0.29) is 0 Å². The fourth-order valence-electron chi connectivity index (χ4n) is 2.12. The fraction of sp³-hybridized carbons (Fsp3) is 0.571. The molecule has 4 N–H and O–H groups in total. The lowest BCUT2D eigenvalue weighted by atomic mass is 9.99. The van der Waals surface area contributed by atoms with Gasteiger partial charge in [0.15, 0.2) is 0 Å². The number of aliphatic hydroxyl groups is 4. The molecule has 1 fully saturated rings. The van der Waals surface area contributed by atoms with Gasteiger partial charge >= 0.3 is 0 Å². The molecule has 20 heavy (non-hydrogen) atoms. The number of benzene rings is 1. The molecule has 1 aliphatic rings. The van der Waals surface area contributed by atoms with Gasteiger partial charge in [-0.2, -0.15) is 0 Å². The van der Waals surface area contributed by atoms with E-state index in [0.29, 0.717) is 5.75 Å². The molecule has 0 aromatic heterocycles. The third-order valence-corrected chi connectivity index (χ3v) is 3.44. The first-order valence-electron chi connectivity index (χ1n) is 6.48. The molecule has 0 aliphatic carbocycles. The summed E-state index contributed by atoms with van der Waals surface area (Å²) in [4.78, 5) is 0.